The summed E-state index contributed by atoms with van der Waals surface area (Å²) in [6.07, 6.45) is 0.772. The van der Waals surface area contributed by atoms with Crippen LogP contribution in [0.15, 0.2) is 24.3 Å². The van der Waals surface area contributed by atoms with Gasteiger partial charge in [0.25, 0.3) is 5.91 Å². The first-order valence-electron chi connectivity index (χ1n) is 8.61. The molecular formula is C18H23ClN4O4. The van der Waals surface area contributed by atoms with Crippen molar-refractivity contribution in [3.05, 3.63) is 34.9 Å². The smallest absolute Gasteiger partial charge is 0.325 e. The highest BCUT2D eigenvalue weighted by atomic mass is 35.5. The minimum atomic E-state index is -1.30. The highest BCUT2D eigenvalue weighted by Gasteiger charge is 2.49. The van der Waals surface area contributed by atoms with Crippen LogP contribution >= 0.6 is 11.6 Å². The van der Waals surface area contributed by atoms with Gasteiger partial charge in [-0.15, -0.1) is 0 Å². The maximum Gasteiger partial charge on any atom is 0.325 e. The van der Waals surface area contributed by atoms with E-state index in [9.17, 15) is 19.2 Å². The molecular weight excluding hydrogens is 372 g/mol. The molecule has 27 heavy (non-hydrogen) atoms. The van der Waals surface area contributed by atoms with E-state index < -0.39 is 36.0 Å². The van der Waals surface area contributed by atoms with E-state index in [2.05, 4.69) is 16.0 Å². The van der Waals surface area contributed by atoms with Crippen LogP contribution in [0.1, 0.15) is 32.8 Å². The number of carbonyl (C=O) groups is 4. The summed E-state index contributed by atoms with van der Waals surface area (Å²) in [5.74, 6) is -0.913. The van der Waals surface area contributed by atoms with Crippen molar-refractivity contribution in [1.29, 1.82) is 0 Å². The van der Waals surface area contributed by atoms with Crippen LogP contribution in [0.25, 0.3) is 0 Å². The summed E-state index contributed by atoms with van der Waals surface area (Å²) < 4.78 is 0. The van der Waals surface area contributed by atoms with Crippen LogP contribution in [0.2, 0.25) is 5.02 Å². The molecule has 1 fully saturated rings. The Morgan fingerprint density at radius 2 is 1.85 bits per heavy atom. The number of benzene rings is 1. The van der Waals surface area contributed by atoms with Crippen molar-refractivity contribution < 1.29 is 19.2 Å². The number of nitrogens with one attached hydrogen (secondary N) is 3. The number of carbonyl (C=O) groups excluding carboxylic acids is 4. The van der Waals surface area contributed by atoms with Gasteiger partial charge in [0.05, 0.1) is 0 Å². The van der Waals surface area contributed by atoms with E-state index in [1.807, 2.05) is 13.8 Å². The summed E-state index contributed by atoms with van der Waals surface area (Å²) in [6.45, 7) is 5.45. The molecule has 1 aliphatic heterocycles. The van der Waals surface area contributed by atoms with E-state index in [0.29, 0.717) is 23.0 Å². The zero-order chi connectivity index (χ0) is 20.2. The Labute approximate surface area is 162 Å². The van der Waals surface area contributed by atoms with Gasteiger partial charge in [-0.2, -0.15) is 0 Å². The average molecular weight is 395 g/mol. The number of halogens is 1. The van der Waals surface area contributed by atoms with Gasteiger partial charge in [-0.25, -0.2) is 9.59 Å². The molecule has 1 aromatic carbocycles. The predicted molar refractivity (Wildman–Crippen MR) is 100 cm³/mol. The highest BCUT2D eigenvalue weighted by molar-refractivity contribution is 6.30. The number of nitrogens with zero attached hydrogens (tertiary/aromatic N) is 1. The van der Waals surface area contributed by atoms with Crippen LogP contribution in [0.4, 0.5) is 9.59 Å². The summed E-state index contributed by atoms with van der Waals surface area (Å²) in [5.41, 5.74) is -0.763. The number of hydrogen-bond donors (Lipinski definition) is 3. The topological polar surface area (TPSA) is 108 Å². The second kappa shape index (κ2) is 8.39. The fourth-order valence-electron chi connectivity index (χ4n) is 2.65. The maximum atomic E-state index is 12.7. The molecule has 0 bridgehead atoms. The van der Waals surface area contributed by atoms with Gasteiger partial charge in [0.15, 0.2) is 0 Å². The van der Waals surface area contributed by atoms with Gasteiger partial charge in [-0.3, -0.25) is 19.8 Å². The van der Waals surface area contributed by atoms with Crippen molar-refractivity contribution in [1.82, 2.24) is 20.9 Å². The fraction of sp³-hybridized carbons (Fsp3) is 0.444. The molecule has 6 amide bonds. The number of hydrogen-bond acceptors (Lipinski definition) is 4. The maximum absolute atomic E-state index is 12.7. The average Bonchev–Trinajstić information content (AvgIpc) is 2.79. The highest BCUT2D eigenvalue weighted by Crippen LogP contribution is 2.29. The standard InChI is InChI=1S/C18H23ClN4O4/c1-11(2)8-9-20-16(26)21-14(24)10-23-15(25)18(3,22-17(23)27)12-4-6-13(19)7-5-12/h4-7,11H,8-10H2,1-3H3,(H,22,27)(H2,20,21,24,26)/t18-/m0/s1. The molecule has 0 spiro atoms. The first-order valence-corrected chi connectivity index (χ1v) is 8.99. The number of amides is 6. The molecule has 0 aromatic heterocycles. The van der Waals surface area contributed by atoms with Gasteiger partial charge in [0.1, 0.15) is 12.1 Å². The van der Waals surface area contributed by atoms with Crippen molar-refractivity contribution >= 4 is 35.5 Å². The lowest BCUT2D eigenvalue weighted by molar-refractivity contribution is -0.134. The van der Waals surface area contributed by atoms with Gasteiger partial charge in [0.2, 0.25) is 5.91 Å². The molecule has 1 aliphatic rings. The van der Waals surface area contributed by atoms with Crippen molar-refractivity contribution in [3.63, 3.8) is 0 Å². The Balaban J connectivity index is 1.97. The predicted octanol–water partition coefficient (Wildman–Crippen LogP) is 1.98. The second-order valence-corrected chi connectivity index (χ2v) is 7.38. The van der Waals surface area contributed by atoms with Gasteiger partial charge >= 0.3 is 12.1 Å². The summed E-state index contributed by atoms with van der Waals surface area (Å²) >= 11 is 5.85. The quantitative estimate of drug-likeness (QED) is 0.641. The first-order chi connectivity index (χ1) is 12.6. The van der Waals surface area contributed by atoms with Crippen molar-refractivity contribution in [2.24, 2.45) is 5.92 Å². The number of rotatable bonds is 6. The largest absolute Gasteiger partial charge is 0.338 e. The lowest BCUT2D eigenvalue weighted by Crippen LogP contribution is -2.47. The Morgan fingerprint density at radius 1 is 1.22 bits per heavy atom. The Hall–Kier alpha value is -2.61. The van der Waals surface area contributed by atoms with E-state index in [-0.39, 0.29) is 0 Å². The van der Waals surface area contributed by atoms with Crippen LogP contribution in [-0.2, 0) is 15.1 Å². The van der Waals surface area contributed by atoms with Gasteiger partial charge in [-0.05, 0) is 37.0 Å². The summed E-state index contributed by atoms with van der Waals surface area (Å²) in [4.78, 5) is 49.4. The third-order valence-electron chi connectivity index (χ3n) is 4.26. The lowest BCUT2D eigenvalue weighted by Gasteiger charge is -2.22. The molecule has 1 heterocycles. The summed E-state index contributed by atoms with van der Waals surface area (Å²) in [6, 6.07) is 5.12. The van der Waals surface area contributed by atoms with Crippen molar-refractivity contribution in [3.8, 4) is 0 Å². The van der Waals surface area contributed by atoms with Gasteiger partial charge in [-0.1, -0.05) is 37.6 Å². The van der Waals surface area contributed by atoms with E-state index >= 15 is 0 Å². The molecule has 0 radical (unpaired) electrons. The molecule has 0 aliphatic carbocycles. The molecule has 1 atom stereocenters. The minimum absolute atomic E-state index is 0.414. The van der Waals surface area contributed by atoms with Crippen LogP contribution in [-0.4, -0.2) is 41.9 Å². The number of imide groups is 2. The molecule has 2 rings (SSSR count). The van der Waals surface area contributed by atoms with Crippen molar-refractivity contribution in [2.45, 2.75) is 32.7 Å². The fourth-order valence-corrected chi connectivity index (χ4v) is 2.77. The van der Waals surface area contributed by atoms with Gasteiger partial charge < -0.3 is 10.6 Å². The first kappa shape index (κ1) is 20.7. The lowest BCUT2D eigenvalue weighted by atomic mass is 9.92. The SMILES string of the molecule is CC(C)CCNC(=O)NC(=O)CN1C(=O)N[C@@](C)(c2ccc(Cl)cc2)C1=O. The molecule has 1 aromatic rings. The Kier molecular flexibility index (Phi) is 6.43. The molecule has 1 saturated heterocycles. The zero-order valence-corrected chi connectivity index (χ0v) is 16.2. The van der Waals surface area contributed by atoms with Crippen molar-refractivity contribution in [2.75, 3.05) is 13.1 Å². The van der Waals surface area contributed by atoms with E-state index in [1.54, 1.807) is 31.2 Å². The summed E-state index contributed by atoms with van der Waals surface area (Å²) in [5, 5.41) is 7.75. The molecule has 9 heteroatoms. The Morgan fingerprint density at radius 3 is 2.44 bits per heavy atom. The third kappa shape index (κ3) is 4.97. The van der Waals surface area contributed by atoms with Crippen LogP contribution in [0, 0.1) is 5.92 Å². The number of urea groups is 2. The molecule has 146 valence electrons. The molecule has 8 nitrogen and oxygen atoms in total. The normalized spacial score (nSPS) is 19.2. The molecule has 0 saturated carbocycles. The monoisotopic (exact) mass is 394 g/mol. The van der Waals surface area contributed by atoms with Crippen LogP contribution in [0.5, 0.6) is 0 Å². The molecule has 3 N–H and O–H groups in total. The molecule has 0 unspecified atom stereocenters. The van der Waals surface area contributed by atoms with E-state index in [4.69, 9.17) is 11.6 Å². The second-order valence-electron chi connectivity index (χ2n) is 6.94. The van der Waals surface area contributed by atoms with Crippen LogP contribution in [0.3, 0.4) is 0 Å². The third-order valence-corrected chi connectivity index (χ3v) is 4.51. The zero-order valence-electron chi connectivity index (χ0n) is 15.5. The van der Waals surface area contributed by atoms with Gasteiger partial charge in [0, 0.05) is 11.6 Å². The Bertz CT molecular complexity index is 750. The minimum Gasteiger partial charge on any atom is -0.338 e. The van der Waals surface area contributed by atoms with Crippen LogP contribution < -0.4 is 16.0 Å². The van der Waals surface area contributed by atoms with E-state index in [0.717, 1.165) is 11.3 Å². The van der Waals surface area contributed by atoms with E-state index in [1.165, 1.54) is 0 Å². The summed E-state index contributed by atoms with van der Waals surface area (Å²) in [7, 11) is 0.